The Bertz CT molecular complexity index is 702. The summed E-state index contributed by atoms with van der Waals surface area (Å²) >= 11 is 18.6. The molecule has 0 bridgehead atoms. The van der Waals surface area contributed by atoms with Crippen molar-refractivity contribution >= 4 is 51.8 Å². The van der Waals surface area contributed by atoms with E-state index in [-0.39, 0.29) is 31.6 Å². The quantitative estimate of drug-likeness (QED) is 0.441. The zero-order chi connectivity index (χ0) is 15.7. The van der Waals surface area contributed by atoms with E-state index in [1.807, 2.05) is 0 Å². The average molecular weight is 369 g/mol. The van der Waals surface area contributed by atoms with Crippen LogP contribution in [0.25, 0.3) is 0 Å². The fourth-order valence-corrected chi connectivity index (χ4v) is 2.97. The number of nitrogens with zero attached hydrogens (tertiary/aromatic N) is 1. The SMILES string of the molecule is C[C@@H](O)c1cc([N+](=O)[O-])c(Oc2cc(Cl)c(Cl)cc2Cl)s1. The Morgan fingerprint density at radius 3 is 2.43 bits per heavy atom. The van der Waals surface area contributed by atoms with Crippen molar-refractivity contribution in [1.82, 2.24) is 0 Å². The van der Waals surface area contributed by atoms with Gasteiger partial charge in [0.1, 0.15) is 5.75 Å². The summed E-state index contributed by atoms with van der Waals surface area (Å²) in [7, 11) is 0. The number of ether oxygens (including phenoxy) is 1. The second-order valence-corrected chi connectivity index (χ2v) is 6.32. The molecule has 2 rings (SSSR count). The first kappa shape index (κ1) is 16.3. The summed E-state index contributed by atoms with van der Waals surface area (Å²) in [5.41, 5.74) is -0.252. The first-order chi connectivity index (χ1) is 9.79. The third kappa shape index (κ3) is 3.59. The van der Waals surface area contributed by atoms with Crippen molar-refractivity contribution in [3.05, 3.63) is 48.3 Å². The van der Waals surface area contributed by atoms with Crippen LogP contribution in [0.15, 0.2) is 18.2 Å². The van der Waals surface area contributed by atoms with Crippen LogP contribution in [0.4, 0.5) is 5.69 Å². The number of rotatable bonds is 4. The molecule has 0 radical (unpaired) electrons. The predicted molar refractivity (Wildman–Crippen MR) is 83.2 cm³/mol. The van der Waals surface area contributed by atoms with Gasteiger partial charge in [0, 0.05) is 17.0 Å². The first-order valence-electron chi connectivity index (χ1n) is 5.58. The highest BCUT2D eigenvalue weighted by molar-refractivity contribution is 7.14. The molecule has 2 aromatic rings. The first-order valence-corrected chi connectivity index (χ1v) is 7.53. The molecule has 0 unspecified atom stereocenters. The van der Waals surface area contributed by atoms with Gasteiger partial charge in [-0.3, -0.25) is 10.1 Å². The highest BCUT2D eigenvalue weighted by atomic mass is 35.5. The minimum atomic E-state index is -0.838. The Hall–Kier alpha value is -1.05. The summed E-state index contributed by atoms with van der Waals surface area (Å²) in [6.45, 7) is 1.51. The van der Waals surface area contributed by atoms with Crippen LogP contribution >= 0.6 is 46.1 Å². The Morgan fingerprint density at radius 1 is 1.24 bits per heavy atom. The molecular formula is C12H8Cl3NO4S. The number of halogens is 3. The van der Waals surface area contributed by atoms with Crippen LogP contribution in [-0.4, -0.2) is 10.0 Å². The molecule has 0 saturated carbocycles. The molecule has 0 aliphatic carbocycles. The van der Waals surface area contributed by atoms with E-state index in [9.17, 15) is 15.2 Å². The van der Waals surface area contributed by atoms with Crippen LogP contribution in [0.3, 0.4) is 0 Å². The van der Waals surface area contributed by atoms with E-state index in [0.717, 1.165) is 11.3 Å². The van der Waals surface area contributed by atoms with Crippen molar-refractivity contribution in [2.75, 3.05) is 0 Å². The molecule has 0 aliphatic rings. The number of aliphatic hydroxyl groups is 1. The molecule has 1 aromatic heterocycles. The topological polar surface area (TPSA) is 72.6 Å². The van der Waals surface area contributed by atoms with Crippen LogP contribution in [0.1, 0.15) is 17.9 Å². The standard InChI is InChI=1S/C12H8Cl3NO4S/c1-5(17)11-4-9(16(18)19)12(21-11)20-10-3-7(14)6(13)2-8(10)15/h2-5,17H,1H3/t5-/m1/s1. The van der Waals surface area contributed by atoms with Crippen molar-refractivity contribution in [2.24, 2.45) is 0 Å². The Balaban J connectivity index is 2.43. The Kier molecular flexibility index (Phi) is 4.95. The van der Waals surface area contributed by atoms with Gasteiger partial charge in [0.25, 0.3) is 5.06 Å². The van der Waals surface area contributed by atoms with Crippen molar-refractivity contribution in [3.8, 4) is 10.8 Å². The smallest absolute Gasteiger partial charge is 0.323 e. The highest BCUT2D eigenvalue weighted by Crippen LogP contribution is 2.44. The summed E-state index contributed by atoms with van der Waals surface area (Å²) in [6, 6.07) is 4.02. The van der Waals surface area contributed by atoms with E-state index >= 15 is 0 Å². The number of hydrogen-bond donors (Lipinski definition) is 1. The van der Waals surface area contributed by atoms with Gasteiger partial charge in [0.05, 0.1) is 26.1 Å². The highest BCUT2D eigenvalue weighted by Gasteiger charge is 2.24. The molecular weight excluding hydrogens is 361 g/mol. The number of nitro groups is 1. The zero-order valence-electron chi connectivity index (χ0n) is 10.5. The number of benzene rings is 1. The minimum absolute atomic E-state index is 0.0104. The summed E-state index contributed by atoms with van der Waals surface area (Å²) in [5.74, 6) is 0.146. The van der Waals surface area contributed by atoms with E-state index in [1.165, 1.54) is 25.1 Å². The van der Waals surface area contributed by atoms with E-state index in [4.69, 9.17) is 39.5 Å². The third-order valence-corrected chi connectivity index (χ3v) is 4.67. The maximum absolute atomic E-state index is 11.0. The molecule has 0 amide bonds. The molecule has 0 aliphatic heterocycles. The van der Waals surface area contributed by atoms with Gasteiger partial charge in [0.15, 0.2) is 0 Å². The van der Waals surface area contributed by atoms with Gasteiger partial charge in [-0.2, -0.15) is 0 Å². The lowest BCUT2D eigenvalue weighted by molar-refractivity contribution is -0.385. The molecule has 112 valence electrons. The second kappa shape index (κ2) is 6.37. The van der Waals surface area contributed by atoms with Crippen LogP contribution in [0, 0.1) is 10.1 Å². The Morgan fingerprint density at radius 2 is 1.86 bits per heavy atom. The molecule has 1 atom stereocenters. The normalized spacial score (nSPS) is 12.2. The van der Waals surface area contributed by atoms with Crippen LogP contribution < -0.4 is 4.74 Å². The van der Waals surface area contributed by atoms with E-state index < -0.39 is 11.0 Å². The molecule has 0 spiro atoms. The van der Waals surface area contributed by atoms with E-state index in [2.05, 4.69) is 0 Å². The van der Waals surface area contributed by atoms with Gasteiger partial charge in [0.2, 0.25) is 0 Å². The molecule has 9 heteroatoms. The summed E-state index contributed by atoms with van der Waals surface area (Å²) in [4.78, 5) is 10.8. The lowest BCUT2D eigenvalue weighted by Gasteiger charge is -2.06. The fraction of sp³-hybridized carbons (Fsp3) is 0.167. The average Bonchev–Trinajstić information content (AvgIpc) is 2.80. The van der Waals surface area contributed by atoms with Crippen molar-refractivity contribution in [2.45, 2.75) is 13.0 Å². The van der Waals surface area contributed by atoms with Gasteiger partial charge in [-0.1, -0.05) is 46.1 Å². The number of aliphatic hydroxyl groups excluding tert-OH is 1. The summed E-state index contributed by atoms with van der Waals surface area (Å²) in [5, 5.41) is 21.2. The largest absolute Gasteiger partial charge is 0.438 e. The van der Waals surface area contributed by atoms with Gasteiger partial charge >= 0.3 is 5.69 Å². The predicted octanol–water partition coefficient (Wildman–Crippen LogP) is 5.46. The van der Waals surface area contributed by atoms with Crippen molar-refractivity contribution < 1.29 is 14.8 Å². The number of hydrogen-bond acceptors (Lipinski definition) is 5. The number of thiophene rings is 1. The fourth-order valence-electron chi connectivity index (χ4n) is 1.47. The van der Waals surface area contributed by atoms with Crippen LogP contribution in [0.2, 0.25) is 15.1 Å². The maximum atomic E-state index is 11.0. The molecule has 0 fully saturated rings. The van der Waals surface area contributed by atoms with Gasteiger partial charge < -0.3 is 9.84 Å². The monoisotopic (exact) mass is 367 g/mol. The second-order valence-electron chi connectivity index (χ2n) is 4.05. The summed E-state index contributed by atoms with van der Waals surface area (Å²) < 4.78 is 5.46. The lowest BCUT2D eigenvalue weighted by atomic mass is 10.3. The zero-order valence-corrected chi connectivity index (χ0v) is 13.6. The summed E-state index contributed by atoms with van der Waals surface area (Å²) in [6.07, 6.45) is -0.838. The maximum Gasteiger partial charge on any atom is 0.323 e. The van der Waals surface area contributed by atoms with E-state index in [0.29, 0.717) is 4.88 Å². The molecule has 21 heavy (non-hydrogen) atoms. The minimum Gasteiger partial charge on any atom is -0.438 e. The molecule has 5 nitrogen and oxygen atoms in total. The van der Waals surface area contributed by atoms with Gasteiger partial charge in [-0.15, -0.1) is 0 Å². The van der Waals surface area contributed by atoms with Gasteiger partial charge in [-0.25, -0.2) is 0 Å². The molecule has 1 heterocycles. The van der Waals surface area contributed by atoms with Crippen molar-refractivity contribution in [3.63, 3.8) is 0 Å². The third-order valence-electron chi connectivity index (χ3n) is 2.48. The van der Waals surface area contributed by atoms with E-state index in [1.54, 1.807) is 0 Å². The van der Waals surface area contributed by atoms with Crippen molar-refractivity contribution in [1.29, 1.82) is 0 Å². The molecule has 0 saturated heterocycles. The lowest BCUT2D eigenvalue weighted by Crippen LogP contribution is -1.90. The Labute approximate surface area is 138 Å². The van der Waals surface area contributed by atoms with Crippen LogP contribution in [-0.2, 0) is 0 Å². The van der Waals surface area contributed by atoms with Gasteiger partial charge in [-0.05, 0) is 13.0 Å². The molecule has 1 N–H and O–H groups in total. The molecule has 1 aromatic carbocycles. The van der Waals surface area contributed by atoms with Crippen LogP contribution in [0.5, 0.6) is 10.8 Å².